The normalized spacial score (nSPS) is 19.5. The van der Waals surface area contributed by atoms with E-state index in [1.807, 2.05) is 44.2 Å². The van der Waals surface area contributed by atoms with E-state index >= 15 is 0 Å². The quantitative estimate of drug-likeness (QED) is 0.593. The van der Waals surface area contributed by atoms with Crippen molar-refractivity contribution < 1.29 is 9.53 Å². The molecule has 0 aliphatic heterocycles. The van der Waals surface area contributed by atoms with E-state index in [2.05, 4.69) is 22.9 Å². The fraction of sp³-hybridized carbons (Fsp3) is 0.417. The molecule has 1 amide bonds. The van der Waals surface area contributed by atoms with Gasteiger partial charge in [-0.2, -0.15) is 5.26 Å². The summed E-state index contributed by atoms with van der Waals surface area (Å²) in [4.78, 5) is 12.7. The third-order valence-electron chi connectivity index (χ3n) is 5.89. The van der Waals surface area contributed by atoms with Crippen LogP contribution in [0.4, 0.5) is 0 Å². The van der Waals surface area contributed by atoms with Crippen molar-refractivity contribution in [2.24, 2.45) is 5.92 Å². The Bertz CT molecular complexity index is 948. The zero-order valence-electron chi connectivity index (χ0n) is 17.7. The first-order valence-electron chi connectivity index (χ1n) is 10.2. The fourth-order valence-electron chi connectivity index (χ4n) is 4.14. The Morgan fingerprint density at radius 2 is 1.93 bits per heavy atom. The van der Waals surface area contributed by atoms with Gasteiger partial charge in [0.1, 0.15) is 17.4 Å². The number of methoxy groups -OCH3 is 1. The predicted molar refractivity (Wildman–Crippen MR) is 115 cm³/mol. The SMILES string of the molecule is COc1ccc(-n2c(C)cc(/C=C(\C#N)C(=O)N[C@@H]3CCCC[C@H]3C)c2C)cc1. The van der Waals surface area contributed by atoms with Gasteiger partial charge in [-0.25, -0.2) is 0 Å². The van der Waals surface area contributed by atoms with Crippen molar-refractivity contribution >= 4 is 12.0 Å². The molecule has 1 aromatic carbocycles. The van der Waals surface area contributed by atoms with Gasteiger partial charge in [0.2, 0.25) is 0 Å². The number of nitriles is 1. The Kier molecular flexibility index (Phi) is 6.43. The van der Waals surface area contributed by atoms with Crippen molar-refractivity contribution in [2.45, 2.75) is 52.5 Å². The van der Waals surface area contributed by atoms with Crippen molar-refractivity contribution in [3.8, 4) is 17.5 Å². The number of nitrogens with one attached hydrogen (secondary N) is 1. The van der Waals surface area contributed by atoms with Crippen molar-refractivity contribution in [1.82, 2.24) is 9.88 Å². The van der Waals surface area contributed by atoms with Crippen molar-refractivity contribution in [3.05, 3.63) is 52.9 Å². The molecule has 1 aromatic heterocycles. The molecule has 0 unspecified atom stereocenters. The van der Waals surface area contributed by atoms with E-state index < -0.39 is 0 Å². The number of carbonyl (C=O) groups is 1. The summed E-state index contributed by atoms with van der Waals surface area (Å²) in [6.07, 6.45) is 6.15. The third-order valence-corrected chi connectivity index (χ3v) is 5.89. The second-order valence-corrected chi connectivity index (χ2v) is 7.87. The molecule has 1 N–H and O–H groups in total. The number of hydrogen-bond acceptors (Lipinski definition) is 3. The molecular formula is C24H29N3O2. The van der Waals surface area contributed by atoms with Gasteiger partial charge in [0.25, 0.3) is 5.91 Å². The summed E-state index contributed by atoms with van der Waals surface area (Å²) < 4.78 is 7.35. The maximum absolute atomic E-state index is 12.7. The Balaban J connectivity index is 1.86. The van der Waals surface area contributed by atoms with Crippen LogP contribution in [0.1, 0.15) is 49.6 Å². The first-order chi connectivity index (χ1) is 13.9. The van der Waals surface area contributed by atoms with E-state index in [0.29, 0.717) is 5.92 Å². The topological polar surface area (TPSA) is 67.0 Å². The molecule has 1 fully saturated rings. The van der Waals surface area contributed by atoms with Crippen LogP contribution in [0.2, 0.25) is 0 Å². The molecule has 5 heteroatoms. The number of nitrogens with zero attached hydrogens (tertiary/aromatic N) is 2. The van der Waals surface area contributed by atoms with E-state index in [9.17, 15) is 10.1 Å². The maximum Gasteiger partial charge on any atom is 0.262 e. The third kappa shape index (κ3) is 4.54. The summed E-state index contributed by atoms with van der Waals surface area (Å²) in [5, 5.41) is 12.7. The molecule has 1 aliphatic carbocycles. The number of rotatable bonds is 5. The minimum absolute atomic E-state index is 0.151. The zero-order valence-corrected chi connectivity index (χ0v) is 17.7. The molecule has 3 rings (SSSR count). The van der Waals surface area contributed by atoms with Gasteiger partial charge in [0.15, 0.2) is 0 Å². The maximum atomic E-state index is 12.7. The van der Waals surface area contributed by atoms with Gasteiger partial charge in [-0.1, -0.05) is 19.8 Å². The summed E-state index contributed by atoms with van der Waals surface area (Å²) in [6, 6.07) is 12.1. The smallest absolute Gasteiger partial charge is 0.262 e. The Morgan fingerprint density at radius 3 is 2.55 bits per heavy atom. The highest BCUT2D eigenvalue weighted by molar-refractivity contribution is 6.02. The standard InChI is InChI=1S/C24H29N3O2/c1-16-7-5-6-8-23(16)26-24(28)20(15-25)14-19-13-17(2)27(18(19)3)21-9-11-22(29-4)12-10-21/h9-14,16,23H,5-8H2,1-4H3,(H,26,28)/b20-14+/t16-,23-/m1/s1. The summed E-state index contributed by atoms with van der Waals surface area (Å²) >= 11 is 0. The molecule has 1 aliphatic rings. The second kappa shape index (κ2) is 9.00. The number of amides is 1. The van der Waals surface area contributed by atoms with Gasteiger partial charge < -0.3 is 14.6 Å². The lowest BCUT2D eigenvalue weighted by Crippen LogP contribution is -2.41. The molecule has 2 atom stereocenters. The van der Waals surface area contributed by atoms with E-state index in [1.54, 1.807) is 13.2 Å². The first-order valence-corrected chi connectivity index (χ1v) is 10.2. The fourth-order valence-corrected chi connectivity index (χ4v) is 4.14. The number of aromatic nitrogens is 1. The van der Waals surface area contributed by atoms with E-state index in [0.717, 1.165) is 47.7 Å². The lowest BCUT2D eigenvalue weighted by Gasteiger charge is -2.29. The van der Waals surface area contributed by atoms with Gasteiger partial charge in [-0.3, -0.25) is 4.79 Å². The van der Waals surface area contributed by atoms with Crippen LogP contribution in [-0.2, 0) is 4.79 Å². The average molecular weight is 392 g/mol. The van der Waals surface area contributed by atoms with Crippen molar-refractivity contribution in [2.75, 3.05) is 7.11 Å². The molecule has 0 saturated heterocycles. The lowest BCUT2D eigenvalue weighted by atomic mass is 9.86. The number of aryl methyl sites for hydroxylation is 1. The summed E-state index contributed by atoms with van der Waals surface area (Å²) in [6.45, 7) is 6.19. The van der Waals surface area contributed by atoms with Crippen LogP contribution in [-0.4, -0.2) is 23.6 Å². The highest BCUT2D eigenvalue weighted by atomic mass is 16.5. The van der Waals surface area contributed by atoms with Gasteiger partial charge in [0, 0.05) is 23.1 Å². The monoisotopic (exact) mass is 391 g/mol. The largest absolute Gasteiger partial charge is 0.497 e. The molecular weight excluding hydrogens is 362 g/mol. The van der Waals surface area contributed by atoms with Crippen LogP contribution in [0.15, 0.2) is 35.9 Å². The highest BCUT2D eigenvalue weighted by Gasteiger charge is 2.24. The molecule has 0 bridgehead atoms. The molecule has 1 heterocycles. The van der Waals surface area contributed by atoms with E-state index in [1.165, 1.54) is 6.42 Å². The first kappa shape index (κ1) is 20.7. The van der Waals surface area contributed by atoms with Gasteiger partial charge in [-0.15, -0.1) is 0 Å². The number of benzene rings is 1. The van der Waals surface area contributed by atoms with Crippen LogP contribution < -0.4 is 10.1 Å². The van der Waals surface area contributed by atoms with Crippen LogP contribution in [0.25, 0.3) is 11.8 Å². The Labute approximate surface area is 173 Å². The molecule has 0 spiro atoms. The molecule has 2 aromatic rings. The summed E-state index contributed by atoms with van der Waals surface area (Å²) in [7, 11) is 1.65. The summed E-state index contributed by atoms with van der Waals surface area (Å²) in [5.41, 5.74) is 4.07. The second-order valence-electron chi connectivity index (χ2n) is 7.87. The Hall–Kier alpha value is -3.00. The molecule has 152 valence electrons. The minimum atomic E-state index is -0.277. The van der Waals surface area contributed by atoms with Gasteiger partial charge >= 0.3 is 0 Å². The number of ether oxygens (including phenoxy) is 1. The van der Waals surface area contributed by atoms with Crippen LogP contribution >= 0.6 is 0 Å². The highest BCUT2D eigenvalue weighted by Crippen LogP contribution is 2.26. The Morgan fingerprint density at radius 1 is 1.24 bits per heavy atom. The average Bonchev–Trinajstić information content (AvgIpc) is 3.00. The molecule has 5 nitrogen and oxygen atoms in total. The molecule has 1 saturated carbocycles. The summed E-state index contributed by atoms with van der Waals surface area (Å²) in [5.74, 6) is 0.977. The van der Waals surface area contributed by atoms with Crippen LogP contribution in [0, 0.1) is 31.1 Å². The van der Waals surface area contributed by atoms with Crippen molar-refractivity contribution in [1.29, 1.82) is 5.26 Å². The molecule has 0 radical (unpaired) electrons. The minimum Gasteiger partial charge on any atom is -0.497 e. The number of carbonyl (C=O) groups excluding carboxylic acids is 1. The lowest BCUT2D eigenvalue weighted by molar-refractivity contribution is -0.118. The molecule has 29 heavy (non-hydrogen) atoms. The van der Waals surface area contributed by atoms with Crippen molar-refractivity contribution in [3.63, 3.8) is 0 Å². The van der Waals surface area contributed by atoms with Crippen LogP contribution in [0.5, 0.6) is 5.75 Å². The number of hydrogen-bond donors (Lipinski definition) is 1. The predicted octanol–water partition coefficient (Wildman–Crippen LogP) is 4.70. The van der Waals surface area contributed by atoms with Gasteiger partial charge in [0.05, 0.1) is 7.11 Å². The van der Waals surface area contributed by atoms with Crippen LogP contribution in [0.3, 0.4) is 0 Å². The van der Waals surface area contributed by atoms with Gasteiger partial charge in [-0.05, 0) is 74.6 Å². The zero-order chi connectivity index (χ0) is 21.0. The van der Waals surface area contributed by atoms with E-state index in [-0.39, 0.29) is 17.5 Å². The van der Waals surface area contributed by atoms with E-state index in [4.69, 9.17) is 4.74 Å².